The van der Waals surface area contributed by atoms with Gasteiger partial charge in [-0.1, -0.05) is 18.2 Å². The number of hydrogen-bond donors (Lipinski definition) is 4. The number of primary amides is 1. The number of guanidine groups is 1. The van der Waals surface area contributed by atoms with Crippen LogP contribution in [-0.4, -0.2) is 35.9 Å². The molecular formula is C20H23N7O5S. The first-order chi connectivity index (χ1) is 15.5. The summed E-state index contributed by atoms with van der Waals surface area (Å²) in [5.74, 6) is -1.30. The Bertz CT molecular complexity index is 1390. The number of para-hydroxylation sites is 1. The van der Waals surface area contributed by atoms with Crippen LogP contribution in [0.2, 0.25) is 0 Å². The van der Waals surface area contributed by atoms with Gasteiger partial charge in [0.2, 0.25) is 11.9 Å². The van der Waals surface area contributed by atoms with Gasteiger partial charge >= 0.3 is 0 Å². The lowest BCUT2D eigenvalue weighted by Crippen LogP contribution is -2.42. The normalized spacial score (nSPS) is 13.2. The molecule has 174 valence electrons. The third-order valence-corrected chi connectivity index (χ3v) is 6.19. The van der Waals surface area contributed by atoms with Crippen molar-refractivity contribution in [3.05, 3.63) is 64.7 Å². The Balaban J connectivity index is 2.07. The number of aryl methyl sites for hydroxylation is 1. The molecule has 0 aliphatic heterocycles. The largest absolute Gasteiger partial charge is 0.387 e. The van der Waals surface area contributed by atoms with Crippen LogP contribution in [0, 0.1) is 6.92 Å². The lowest BCUT2D eigenvalue weighted by molar-refractivity contribution is -0.125. The molecule has 13 heteroatoms. The number of nitrogens with two attached hydrogens (primary N) is 3. The van der Waals surface area contributed by atoms with E-state index in [-0.39, 0.29) is 22.1 Å². The summed E-state index contributed by atoms with van der Waals surface area (Å²) in [6.45, 7) is 2.99. The minimum Gasteiger partial charge on any atom is -0.387 e. The van der Waals surface area contributed by atoms with Gasteiger partial charge in [0.05, 0.1) is 5.52 Å². The monoisotopic (exact) mass is 473 g/mol. The quantitative estimate of drug-likeness (QED) is 0.201. The maximum atomic E-state index is 13.2. The molecule has 1 aromatic carbocycles. The summed E-state index contributed by atoms with van der Waals surface area (Å²) in [6.07, 6.45) is 0.422. The predicted octanol–water partition coefficient (Wildman–Crippen LogP) is 0.126. The van der Waals surface area contributed by atoms with Crippen molar-refractivity contribution in [2.24, 2.45) is 22.4 Å². The number of nitrogens with one attached hydrogen (secondary N) is 1. The maximum Gasteiger partial charge on any atom is 0.275 e. The summed E-state index contributed by atoms with van der Waals surface area (Å²) >= 11 is 0. The Hall–Kier alpha value is -4.13. The van der Waals surface area contributed by atoms with E-state index in [1.807, 2.05) is 0 Å². The number of hydrogen-bond acceptors (Lipinski definition) is 7. The molecule has 33 heavy (non-hydrogen) atoms. The number of sulfonamides is 1. The lowest BCUT2D eigenvalue weighted by atomic mass is 10.1. The van der Waals surface area contributed by atoms with Crippen LogP contribution >= 0.6 is 0 Å². The number of anilines is 1. The van der Waals surface area contributed by atoms with Crippen molar-refractivity contribution in [3.8, 4) is 0 Å². The molecule has 0 fully saturated rings. The van der Waals surface area contributed by atoms with Crippen molar-refractivity contribution in [1.29, 1.82) is 0 Å². The number of pyridine rings is 2. The molecule has 2 heterocycles. The van der Waals surface area contributed by atoms with Crippen molar-refractivity contribution in [1.82, 2.24) is 9.55 Å². The molecule has 0 saturated heterocycles. The van der Waals surface area contributed by atoms with Gasteiger partial charge in [-0.3, -0.25) is 23.9 Å². The summed E-state index contributed by atoms with van der Waals surface area (Å²) < 4.78 is 29.5. The Morgan fingerprint density at radius 3 is 2.52 bits per heavy atom. The number of carbonyl (C=O) groups is 1. The molecule has 0 radical (unpaired) electrons. The average Bonchev–Trinajstić information content (AvgIpc) is 2.76. The highest BCUT2D eigenvalue weighted by Gasteiger charge is 2.30. The number of oxime groups is 1. The SMILES string of the molecule is Cc1ccc(NS(=O)(=O)c2cccc3cccnc23)c(=O)n1C(C(N)=O)C(C)ON=C(N)N. The molecule has 0 spiro atoms. The number of benzene rings is 1. The number of aromatic nitrogens is 2. The van der Waals surface area contributed by atoms with E-state index < -0.39 is 33.6 Å². The first kappa shape index (κ1) is 23.5. The highest BCUT2D eigenvalue weighted by atomic mass is 32.2. The van der Waals surface area contributed by atoms with Crippen molar-refractivity contribution < 1.29 is 18.0 Å². The van der Waals surface area contributed by atoms with Gasteiger partial charge in [0.15, 0.2) is 12.1 Å². The van der Waals surface area contributed by atoms with Crippen molar-refractivity contribution in [2.45, 2.75) is 30.9 Å². The molecule has 0 aliphatic rings. The van der Waals surface area contributed by atoms with Crippen molar-refractivity contribution in [2.75, 3.05) is 4.72 Å². The van der Waals surface area contributed by atoms with Gasteiger partial charge in [-0.15, -0.1) is 0 Å². The van der Waals surface area contributed by atoms with Crippen LogP contribution in [0.3, 0.4) is 0 Å². The fraction of sp³-hybridized carbons (Fsp3) is 0.200. The highest BCUT2D eigenvalue weighted by Crippen LogP contribution is 2.23. The lowest BCUT2D eigenvalue weighted by Gasteiger charge is -2.24. The molecule has 2 unspecified atom stereocenters. The molecule has 2 aromatic heterocycles. The molecule has 0 bridgehead atoms. The number of rotatable bonds is 8. The topological polar surface area (TPSA) is 198 Å². The van der Waals surface area contributed by atoms with E-state index in [0.717, 1.165) is 4.57 Å². The second-order valence-corrected chi connectivity index (χ2v) is 8.83. The van der Waals surface area contributed by atoms with Crippen LogP contribution in [0.25, 0.3) is 10.9 Å². The molecule has 1 amide bonds. The van der Waals surface area contributed by atoms with Gasteiger partial charge < -0.3 is 22.0 Å². The zero-order valence-electron chi connectivity index (χ0n) is 17.8. The van der Waals surface area contributed by atoms with Crippen LogP contribution in [-0.2, 0) is 19.7 Å². The zero-order chi connectivity index (χ0) is 24.3. The minimum atomic E-state index is -4.21. The summed E-state index contributed by atoms with van der Waals surface area (Å²) in [5, 5.41) is 4.01. The molecule has 12 nitrogen and oxygen atoms in total. The molecule has 3 aromatic rings. The Labute approximate surface area is 189 Å². The van der Waals surface area contributed by atoms with E-state index in [0.29, 0.717) is 11.1 Å². The number of carbonyl (C=O) groups excluding carboxylic acids is 1. The molecule has 0 saturated carbocycles. The standard InChI is InChI=1S/C20H23N7O5S/c1-11-8-9-14(19(29)27(11)17(18(21)28)12(2)32-25-20(22)23)26-33(30,31)15-7-3-5-13-6-4-10-24-16(13)15/h3-10,12,17,26H,1-2H3,(H2,21,28)(H4,22,23,25). The van der Waals surface area contributed by atoms with Crippen LogP contribution in [0.4, 0.5) is 5.69 Å². The predicted molar refractivity (Wildman–Crippen MR) is 123 cm³/mol. The first-order valence-electron chi connectivity index (χ1n) is 9.65. The molecule has 7 N–H and O–H groups in total. The maximum absolute atomic E-state index is 13.2. The zero-order valence-corrected chi connectivity index (χ0v) is 18.6. The van der Waals surface area contributed by atoms with Crippen LogP contribution in [0.5, 0.6) is 0 Å². The van der Waals surface area contributed by atoms with E-state index in [1.165, 1.54) is 31.3 Å². The van der Waals surface area contributed by atoms with Crippen LogP contribution < -0.4 is 27.5 Å². The first-order valence-corrected chi connectivity index (χ1v) is 11.1. The van der Waals surface area contributed by atoms with E-state index in [9.17, 15) is 18.0 Å². The second kappa shape index (κ2) is 9.16. The van der Waals surface area contributed by atoms with Gasteiger partial charge in [-0.25, -0.2) is 8.42 Å². The van der Waals surface area contributed by atoms with E-state index in [2.05, 4.69) is 14.9 Å². The smallest absolute Gasteiger partial charge is 0.275 e. The van der Waals surface area contributed by atoms with Gasteiger partial charge in [0, 0.05) is 17.3 Å². The summed E-state index contributed by atoms with van der Waals surface area (Å²) in [5.41, 5.74) is 15.5. The fourth-order valence-electron chi connectivity index (χ4n) is 3.33. The summed E-state index contributed by atoms with van der Waals surface area (Å²) in [4.78, 5) is 34.5. The Kier molecular flexibility index (Phi) is 6.53. The Morgan fingerprint density at radius 2 is 1.85 bits per heavy atom. The van der Waals surface area contributed by atoms with Crippen molar-refractivity contribution >= 4 is 38.5 Å². The highest BCUT2D eigenvalue weighted by molar-refractivity contribution is 7.93. The average molecular weight is 474 g/mol. The van der Waals surface area contributed by atoms with Gasteiger partial charge in [-0.05, 0) is 43.3 Å². The molecule has 2 atom stereocenters. The second-order valence-electron chi connectivity index (χ2n) is 7.17. The van der Waals surface area contributed by atoms with Gasteiger partial charge in [0.25, 0.3) is 15.6 Å². The third-order valence-electron chi connectivity index (χ3n) is 4.79. The Morgan fingerprint density at radius 1 is 1.15 bits per heavy atom. The molecule has 3 rings (SSSR count). The molecule has 0 aliphatic carbocycles. The molecular weight excluding hydrogens is 450 g/mol. The van der Waals surface area contributed by atoms with Crippen LogP contribution in [0.15, 0.2) is 63.5 Å². The fourth-order valence-corrected chi connectivity index (χ4v) is 4.57. The minimum absolute atomic E-state index is 0.108. The van der Waals surface area contributed by atoms with E-state index in [1.54, 1.807) is 31.2 Å². The van der Waals surface area contributed by atoms with Crippen LogP contribution in [0.1, 0.15) is 18.7 Å². The summed E-state index contributed by atoms with van der Waals surface area (Å²) in [7, 11) is -4.21. The summed E-state index contributed by atoms with van der Waals surface area (Å²) in [6, 6.07) is 9.49. The van der Waals surface area contributed by atoms with E-state index >= 15 is 0 Å². The third kappa shape index (κ3) is 4.87. The van der Waals surface area contributed by atoms with Gasteiger partial charge in [0.1, 0.15) is 10.6 Å². The van der Waals surface area contributed by atoms with Crippen molar-refractivity contribution in [3.63, 3.8) is 0 Å². The number of amides is 1. The van der Waals surface area contributed by atoms with E-state index in [4.69, 9.17) is 22.0 Å². The number of fused-ring (bicyclic) bond motifs is 1. The van der Waals surface area contributed by atoms with Gasteiger partial charge in [-0.2, -0.15) is 0 Å². The number of nitrogens with zero attached hydrogens (tertiary/aromatic N) is 3.